The summed E-state index contributed by atoms with van der Waals surface area (Å²) in [6.07, 6.45) is 2.07. The van der Waals surface area contributed by atoms with E-state index in [1.54, 1.807) is 0 Å². The molecule has 0 radical (unpaired) electrons. The van der Waals surface area contributed by atoms with E-state index in [2.05, 4.69) is 0 Å². The number of nitro groups is 1. The van der Waals surface area contributed by atoms with E-state index in [4.69, 9.17) is 9.84 Å². The van der Waals surface area contributed by atoms with Crippen LogP contribution in [0.15, 0.2) is 24.3 Å². The third kappa shape index (κ3) is 5.90. The molecule has 1 aromatic carbocycles. The van der Waals surface area contributed by atoms with Crippen LogP contribution in [0.5, 0.6) is 5.75 Å². The van der Waals surface area contributed by atoms with Crippen LogP contribution in [-0.2, 0) is 4.79 Å². The average Bonchev–Trinajstić information content (AvgIpc) is 2.47. The molecular weight excluding hydrogens is 290 g/mol. The number of nitrogens with zero attached hydrogens (tertiary/aromatic N) is 1. The topological polar surface area (TPSA) is 107 Å². The summed E-state index contributed by atoms with van der Waals surface area (Å²) in [5, 5.41) is 19.7. The van der Waals surface area contributed by atoms with E-state index in [0.717, 1.165) is 12.8 Å². The molecule has 1 atom stereocenters. The Hall–Kier alpha value is -2.44. The van der Waals surface area contributed by atoms with Crippen LogP contribution in [0.4, 0.5) is 0 Å². The van der Waals surface area contributed by atoms with Crippen molar-refractivity contribution in [2.45, 2.75) is 45.1 Å². The van der Waals surface area contributed by atoms with Gasteiger partial charge in [0.1, 0.15) is 5.75 Å². The number of hydrogen-bond donors (Lipinski definition) is 1. The number of carboxylic acids is 1. The fraction of sp³-hybridized carbons (Fsp3) is 0.467. The van der Waals surface area contributed by atoms with Crippen LogP contribution in [0.2, 0.25) is 0 Å². The summed E-state index contributed by atoms with van der Waals surface area (Å²) in [5.41, 5.74) is 0.0106. The van der Waals surface area contributed by atoms with E-state index < -0.39 is 18.0 Å². The Bertz CT molecular complexity index is 543. The van der Waals surface area contributed by atoms with Gasteiger partial charge in [-0.05, 0) is 24.6 Å². The zero-order valence-electron chi connectivity index (χ0n) is 12.4. The Morgan fingerprint density at radius 2 is 2.09 bits per heavy atom. The molecule has 1 N–H and O–H groups in total. The zero-order valence-corrected chi connectivity index (χ0v) is 12.4. The van der Waals surface area contributed by atoms with E-state index in [1.807, 2.05) is 6.92 Å². The molecule has 7 heteroatoms. The van der Waals surface area contributed by atoms with Crippen molar-refractivity contribution in [2.75, 3.05) is 0 Å². The van der Waals surface area contributed by atoms with Crippen molar-refractivity contribution in [1.82, 2.24) is 0 Å². The molecule has 0 fully saturated rings. The Morgan fingerprint density at radius 3 is 2.68 bits per heavy atom. The van der Waals surface area contributed by atoms with Crippen LogP contribution in [0, 0.1) is 10.1 Å². The summed E-state index contributed by atoms with van der Waals surface area (Å²) in [6, 6.07) is 4.80. The molecule has 1 rings (SSSR count). The molecule has 0 heterocycles. The Labute approximate surface area is 128 Å². The number of carbonyl (C=O) groups is 2. The normalized spacial score (nSPS) is 11.7. The zero-order chi connectivity index (χ0) is 16.5. The first-order chi connectivity index (χ1) is 10.4. The smallest absolute Gasteiger partial charge is 0.335 e. The van der Waals surface area contributed by atoms with Crippen molar-refractivity contribution in [3.05, 3.63) is 39.9 Å². The number of rotatable bonds is 9. The highest BCUT2D eigenvalue weighted by molar-refractivity contribution is 5.88. The number of aromatic carboxylic acids is 1. The van der Waals surface area contributed by atoms with Gasteiger partial charge in [0.05, 0.1) is 12.0 Å². The second-order valence-corrected chi connectivity index (χ2v) is 4.93. The Kier molecular flexibility index (Phi) is 7.01. The van der Waals surface area contributed by atoms with Crippen molar-refractivity contribution in [3.8, 4) is 5.75 Å². The van der Waals surface area contributed by atoms with Gasteiger partial charge in [-0.25, -0.2) is 4.79 Å². The molecule has 1 aromatic rings. The molecule has 7 nitrogen and oxygen atoms in total. The van der Waals surface area contributed by atoms with Gasteiger partial charge in [-0.1, -0.05) is 19.4 Å². The van der Waals surface area contributed by atoms with E-state index in [0.29, 0.717) is 6.42 Å². The molecule has 0 aliphatic carbocycles. The number of unbranched alkanes of at least 4 members (excludes halogenated alkanes) is 1. The molecule has 0 aliphatic rings. The van der Waals surface area contributed by atoms with E-state index in [9.17, 15) is 19.7 Å². The first-order valence-corrected chi connectivity index (χ1v) is 7.11. The fourth-order valence-electron chi connectivity index (χ4n) is 1.95. The van der Waals surface area contributed by atoms with Crippen LogP contribution < -0.4 is 4.74 Å². The van der Waals surface area contributed by atoms with Gasteiger partial charge in [0.2, 0.25) is 6.04 Å². The lowest BCUT2D eigenvalue weighted by Gasteiger charge is -2.09. The highest BCUT2D eigenvalue weighted by atomic mass is 16.6. The average molecular weight is 309 g/mol. The lowest BCUT2D eigenvalue weighted by atomic mass is 10.1. The number of hydrogen-bond acceptors (Lipinski definition) is 5. The minimum absolute atomic E-state index is 0.0106. The highest BCUT2D eigenvalue weighted by Gasteiger charge is 2.21. The van der Waals surface area contributed by atoms with Gasteiger partial charge in [0.25, 0.3) is 0 Å². The fourth-order valence-corrected chi connectivity index (χ4v) is 1.95. The van der Waals surface area contributed by atoms with Gasteiger partial charge >= 0.3 is 11.9 Å². The molecule has 0 spiro atoms. The summed E-state index contributed by atoms with van der Waals surface area (Å²) in [6.45, 7) is 1.95. The van der Waals surface area contributed by atoms with Gasteiger partial charge in [0.15, 0.2) is 0 Å². The molecular formula is C15H19NO6. The third-order valence-electron chi connectivity index (χ3n) is 3.18. The maximum atomic E-state index is 11.7. The number of esters is 1. The lowest BCUT2D eigenvalue weighted by molar-refractivity contribution is -0.524. The molecule has 0 aliphatic heterocycles. The van der Waals surface area contributed by atoms with Crippen molar-refractivity contribution >= 4 is 11.9 Å². The minimum Gasteiger partial charge on any atom is -0.478 e. The molecule has 0 amide bonds. The third-order valence-corrected chi connectivity index (χ3v) is 3.18. The maximum absolute atomic E-state index is 11.7. The number of carboxylic acid groups (broad SMARTS) is 1. The van der Waals surface area contributed by atoms with Crippen molar-refractivity contribution in [3.63, 3.8) is 0 Å². The number of ether oxygens (including phenoxy) is 1. The standard InChI is InChI=1S/C15H19NO6/c1-2-3-6-12(16(20)21)8-9-14(17)22-13-7-4-5-11(10-13)15(18)19/h4-5,7,10,12H,2-3,6,8-9H2,1H3,(H,18,19). The van der Waals surface area contributed by atoms with Crippen molar-refractivity contribution in [2.24, 2.45) is 0 Å². The molecule has 1 unspecified atom stereocenters. The van der Waals surface area contributed by atoms with Crippen LogP contribution in [-0.4, -0.2) is 28.0 Å². The highest BCUT2D eigenvalue weighted by Crippen LogP contribution is 2.16. The van der Waals surface area contributed by atoms with Gasteiger partial charge in [0, 0.05) is 17.8 Å². The monoisotopic (exact) mass is 309 g/mol. The second-order valence-electron chi connectivity index (χ2n) is 4.93. The van der Waals surface area contributed by atoms with Crippen molar-refractivity contribution < 1.29 is 24.4 Å². The number of benzene rings is 1. The van der Waals surface area contributed by atoms with Gasteiger partial charge in [-0.15, -0.1) is 0 Å². The largest absolute Gasteiger partial charge is 0.478 e. The van der Waals surface area contributed by atoms with Gasteiger partial charge in [-0.3, -0.25) is 14.9 Å². The first-order valence-electron chi connectivity index (χ1n) is 7.11. The summed E-state index contributed by atoms with van der Waals surface area (Å²) in [4.78, 5) is 33.0. The molecule has 0 saturated carbocycles. The Balaban J connectivity index is 2.53. The summed E-state index contributed by atoms with van der Waals surface area (Å²) in [5.74, 6) is -1.60. The quantitative estimate of drug-likeness (QED) is 0.325. The van der Waals surface area contributed by atoms with Crippen LogP contribution in [0.3, 0.4) is 0 Å². The minimum atomic E-state index is -1.12. The SMILES string of the molecule is CCCCC(CCC(=O)Oc1cccc(C(=O)O)c1)[N+](=O)[O-]. The van der Waals surface area contributed by atoms with Crippen LogP contribution in [0.25, 0.3) is 0 Å². The molecule has 0 aromatic heterocycles. The van der Waals surface area contributed by atoms with Crippen molar-refractivity contribution in [1.29, 1.82) is 0 Å². The predicted octanol–water partition coefficient (Wildman–Crippen LogP) is 2.91. The van der Waals surface area contributed by atoms with Crippen LogP contribution in [0.1, 0.15) is 49.4 Å². The van der Waals surface area contributed by atoms with E-state index in [1.165, 1.54) is 24.3 Å². The summed E-state index contributed by atoms with van der Waals surface area (Å²) in [7, 11) is 0. The van der Waals surface area contributed by atoms with Gasteiger partial charge in [-0.2, -0.15) is 0 Å². The van der Waals surface area contributed by atoms with E-state index in [-0.39, 0.29) is 29.1 Å². The lowest BCUT2D eigenvalue weighted by Crippen LogP contribution is -2.21. The molecule has 0 saturated heterocycles. The molecule has 22 heavy (non-hydrogen) atoms. The number of carbonyl (C=O) groups excluding carboxylic acids is 1. The summed E-state index contributed by atoms with van der Waals surface area (Å²) >= 11 is 0. The molecule has 120 valence electrons. The second kappa shape index (κ2) is 8.76. The Morgan fingerprint density at radius 1 is 1.36 bits per heavy atom. The predicted molar refractivity (Wildman–Crippen MR) is 78.6 cm³/mol. The maximum Gasteiger partial charge on any atom is 0.335 e. The molecule has 0 bridgehead atoms. The van der Waals surface area contributed by atoms with Crippen LogP contribution >= 0.6 is 0 Å². The van der Waals surface area contributed by atoms with E-state index >= 15 is 0 Å². The first kappa shape index (κ1) is 17.6. The summed E-state index contributed by atoms with van der Waals surface area (Å²) < 4.78 is 5.01. The van der Waals surface area contributed by atoms with Gasteiger partial charge < -0.3 is 9.84 Å².